The van der Waals surface area contributed by atoms with E-state index in [2.05, 4.69) is 15.3 Å². The molecule has 3 heterocycles. The van der Waals surface area contributed by atoms with Gasteiger partial charge in [0.15, 0.2) is 0 Å². The molecule has 0 bridgehead atoms. The van der Waals surface area contributed by atoms with Crippen LogP contribution in [-0.2, 0) is 0 Å². The van der Waals surface area contributed by atoms with Gasteiger partial charge in [-0.3, -0.25) is 13.6 Å². The first-order chi connectivity index (χ1) is 15.6. The van der Waals surface area contributed by atoms with E-state index in [4.69, 9.17) is 0 Å². The van der Waals surface area contributed by atoms with Crippen LogP contribution in [0, 0.1) is 6.92 Å². The Balaban J connectivity index is 1.65. The molecule has 0 radical (unpaired) electrons. The monoisotopic (exact) mass is 425 g/mol. The number of hydrogen-bond acceptors (Lipinski definition) is 3. The summed E-state index contributed by atoms with van der Waals surface area (Å²) in [7, 11) is -2.78. The van der Waals surface area contributed by atoms with Crippen LogP contribution in [0.2, 0.25) is 0 Å². The normalized spacial score (nSPS) is 14.2. The van der Waals surface area contributed by atoms with Crippen LogP contribution in [0.25, 0.3) is 22.6 Å². The van der Waals surface area contributed by atoms with Gasteiger partial charge < -0.3 is 4.48 Å². The lowest BCUT2D eigenvalue weighted by Gasteiger charge is -2.15. The summed E-state index contributed by atoms with van der Waals surface area (Å²) in [6.45, 7) is 1.99. The molecule has 32 heavy (non-hydrogen) atoms. The third-order valence-electron chi connectivity index (χ3n) is 5.30. The molecule has 156 valence electrons. The highest BCUT2D eigenvalue weighted by Crippen LogP contribution is 2.33. The largest absolute Gasteiger partial charge is 0.679 e. The van der Waals surface area contributed by atoms with Gasteiger partial charge in [-0.15, -0.1) is 5.10 Å². The van der Waals surface area contributed by atoms with Crippen molar-refractivity contribution in [3.05, 3.63) is 108 Å². The first kappa shape index (κ1) is 19.9. The number of allylic oxidation sites excluding steroid dienone is 2. The molecule has 1 aliphatic rings. The molecule has 0 fully saturated rings. The van der Waals surface area contributed by atoms with E-state index in [1.807, 2.05) is 67.6 Å². The SMILES string of the molecule is Cc1ccc(/C(=C2\C=CC=N2)c2ccc(-n3cc(-c4ccccc4)nn3)n2B(F)F)cc1. The molecule has 4 aromatic rings. The van der Waals surface area contributed by atoms with Gasteiger partial charge in [-0.1, -0.05) is 65.4 Å². The minimum atomic E-state index is -2.78. The predicted molar refractivity (Wildman–Crippen MR) is 123 cm³/mol. The highest BCUT2D eigenvalue weighted by molar-refractivity contribution is 6.42. The maximum Gasteiger partial charge on any atom is 0.679 e. The van der Waals surface area contributed by atoms with Crippen LogP contribution in [0.1, 0.15) is 16.8 Å². The van der Waals surface area contributed by atoms with E-state index < -0.39 is 7.40 Å². The zero-order chi connectivity index (χ0) is 22.1. The van der Waals surface area contributed by atoms with E-state index in [0.29, 0.717) is 22.7 Å². The Bertz CT molecular complexity index is 1330. The summed E-state index contributed by atoms with van der Waals surface area (Å²) < 4.78 is 31.1. The molecular formula is C24H18BF2N5. The summed E-state index contributed by atoms with van der Waals surface area (Å²) in [6.07, 6.45) is 6.92. The van der Waals surface area contributed by atoms with Gasteiger partial charge in [0.1, 0.15) is 11.5 Å². The third-order valence-corrected chi connectivity index (χ3v) is 5.30. The third kappa shape index (κ3) is 3.60. The predicted octanol–water partition coefficient (Wildman–Crippen LogP) is 5.22. The molecule has 2 aromatic heterocycles. The number of hydrogen-bond donors (Lipinski definition) is 0. The maximum absolute atomic E-state index is 14.4. The first-order valence-corrected chi connectivity index (χ1v) is 10.1. The molecule has 0 N–H and O–H groups in total. The van der Waals surface area contributed by atoms with E-state index in [-0.39, 0.29) is 5.82 Å². The van der Waals surface area contributed by atoms with E-state index in [1.165, 1.54) is 4.68 Å². The Kier molecular flexibility index (Phi) is 5.11. The summed E-state index contributed by atoms with van der Waals surface area (Å²) in [4.78, 5) is 4.39. The fourth-order valence-corrected chi connectivity index (χ4v) is 3.75. The molecule has 0 spiro atoms. The van der Waals surface area contributed by atoms with Gasteiger partial charge in [0.2, 0.25) is 0 Å². The van der Waals surface area contributed by atoms with Crippen LogP contribution in [0.15, 0.2) is 95.8 Å². The lowest BCUT2D eigenvalue weighted by molar-refractivity contribution is 0.618. The molecule has 1 aliphatic heterocycles. The van der Waals surface area contributed by atoms with Crippen LogP contribution < -0.4 is 0 Å². The average Bonchev–Trinajstić information content (AvgIpc) is 3.57. The molecular weight excluding hydrogens is 407 g/mol. The van der Waals surface area contributed by atoms with Gasteiger partial charge in [0.05, 0.1) is 11.9 Å². The number of nitrogens with zero attached hydrogens (tertiary/aromatic N) is 5. The van der Waals surface area contributed by atoms with Crippen LogP contribution in [0.5, 0.6) is 0 Å². The quantitative estimate of drug-likeness (QED) is 0.412. The Morgan fingerprint density at radius 1 is 0.938 bits per heavy atom. The fourth-order valence-electron chi connectivity index (χ4n) is 3.75. The summed E-state index contributed by atoms with van der Waals surface area (Å²) in [5, 5.41) is 8.28. The molecule has 0 unspecified atom stereocenters. The molecule has 5 rings (SSSR count). The van der Waals surface area contributed by atoms with Gasteiger partial charge >= 0.3 is 7.40 Å². The topological polar surface area (TPSA) is 48.0 Å². The van der Waals surface area contributed by atoms with Crippen molar-refractivity contribution in [2.24, 2.45) is 4.99 Å². The number of rotatable bonds is 5. The zero-order valence-corrected chi connectivity index (χ0v) is 17.2. The zero-order valence-electron chi connectivity index (χ0n) is 17.2. The first-order valence-electron chi connectivity index (χ1n) is 10.1. The maximum atomic E-state index is 14.4. The highest BCUT2D eigenvalue weighted by Gasteiger charge is 2.28. The molecule has 0 atom stereocenters. The standard InChI is InChI=1S/C24H18BF2N5/c1-17-9-11-19(12-10-17)24(20-8-5-15-28-20)22-13-14-23(32(22)25(26)27)31-16-21(29-30-31)18-6-3-2-4-7-18/h2-16H,1H3/b24-20-. The second-order valence-corrected chi connectivity index (χ2v) is 7.40. The van der Waals surface area contributed by atoms with Crippen molar-refractivity contribution in [2.45, 2.75) is 6.92 Å². The van der Waals surface area contributed by atoms with Crippen LogP contribution >= 0.6 is 0 Å². The number of aromatic nitrogens is 4. The van der Waals surface area contributed by atoms with Gasteiger partial charge in [-0.2, -0.15) is 0 Å². The lowest BCUT2D eigenvalue weighted by atomic mass is 9.98. The molecule has 2 aromatic carbocycles. The molecule has 0 saturated carbocycles. The van der Waals surface area contributed by atoms with Crippen molar-refractivity contribution >= 4 is 19.2 Å². The average molecular weight is 425 g/mol. The van der Waals surface area contributed by atoms with Gasteiger partial charge in [0.25, 0.3) is 0 Å². The van der Waals surface area contributed by atoms with Crippen LogP contribution in [-0.4, -0.2) is 33.1 Å². The van der Waals surface area contributed by atoms with Gasteiger partial charge in [0, 0.05) is 23.0 Å². The van der Waals surface area contributed by atoms with E-state index in [0.717, 1.165) is 21.2 Å². The molecule has 5 nitrogen and oxygen atoms in total. The Morgan fingerprint density at radius 2 is 1.72 bits per heavy atom. The fraction of sp³-hybridized carbons (Fsp3) is 0.0417. The van der Waals surface area contributed by atoms with E-state index in [1.54, 1.807) is 30.6 Å². The van der Waals surface area contributed by atoms with Crippen molar-refractivity contribution in [3.63, 3.8) is 0 Å². The Labute approximate surface area is 184 Å². The Morgan fingerprint density at radius 3 is 2.41 bits per heavy atom. The molecule has 0 saturated heterocycles. The number of aryl methyl sites for hydroxylation is 1. The van der Waals surface area contributed by atoms with Crippen molar-refractivity contribution in [2.75, 3.05) is 0 Å². The molecule has 0 amide bonds. The second kappa shape index (κ2) is 8.22. The highest BCUT2D eigenvalue weighted by atomic mass is 19.2. The minimum absolute atomic E-state index is 0.223. The summed E-state index contributed by atoms with van der Waals surface area (Å²) in [6, 6.07) is 20.5. The van der Waals surface area contributed by atoms with E-state index in [9.17, 15) is 8.63 Å². The van der Waals surface area contributed by atoms with Gasteiger partial charge in [-0.05, 0) is 36.8 Å². The number of aliphatic imine (C=N–C) groups is 1. The summed E-state index contributed by atoms with van der Waals surface area (Å²) in [5.41, 5.74) is 4.98. The smallest absolute Gasteiger partial charge is 0.310 e. The van der Waals surface area contributed by atoms with Gasteiger partial charge in [-0.25, -0.2) is 4.68 Å². The van der Waals surface area contributed by atoms with Crippen molar-refractivity contribution in [3.8, 4) is 17.1 Å². The lowest BCUT2D eigenvalue weighted by Crippen LogP contribution is -2.20. The van der Waals surface area contributed by atoms with E-state index >= 15 is 0 Å². The molecule has 8 heteroatoms. The van der Waals surface area contributed by atoms with Crippen molar-refractivity contribution in [1.29, 1.82) is 0 Å². The summed E-state index contributed by atoms with van der Waals surface area (Å²) in [5.74, 6) is 0.223. The number of halogens is 2. The van der Waals surface area contributed by atoms with Crippen molar-refractivity contribution in [1.82, 2.24) is 19.5 Å². The minimum Gasteiger partial charge on any atom is -0.310 e. The van der Waals surface area contributed by atoms with Crippen molar-refractivity contribution < 1.29 is 8.63 Å². The summed E-state index contributed by atoms with van der Waals surface area (Å²) >= 11 is 0. The molecule has 0 aliphatic carbocycles. The Hall–Kier alpha value is -4.07. The second-order valence-electron chi connectivity index (χ2n) is 7.40. The number of benzene rings is 2. The van der Waals surface area contributed by atoms with Crippen LogP contribution in [0.4, 0.5) is 8.63 Å². The van der Waals surface area contributed by atoms with Crippen LogP contribution in [0.3, 0.4) is 0 Å².